The minimum Gasteiger partial charge on any atom is -0.482 e. The van der Waals surface area contributed by atoms with E-state index in [0.717, 1.165) is 33.5 Å². The highest BCUT2D eigenvalue weighted by molar-refractivity contribution is 5.88. The molecule has 0 aromatic heterocycles. The first-order valence-electron chi connectivity index (χ1n) is 28.0. The fraction of sp³-hybridized carbons (Fsp3) is 0.531. The van der Waals surface area contributed by atoms with Crippen molar-refractivity contribution in [3.63, 3.8) is 0 Å². The van der Waals surface area contributed by atoms with E-state index in [2.05, 4.69) is 58.1 Å². The molecule has 0 aliphatic heterocycles. The second-order valence-electron chi connectivity index (χ2n) is 22.7. The molecule has 24 heteroatoms. The summed E-state index contributed by atoms with van der Waals surface area (Å²) in [5, 5.41) is 3.94. The zero-order valence-electron chi connectivity index (χ0n) is 52.2. The summed E-state index contributed by atoms with van der Waals surface area (Å²) in [4.78, 5) is 69.0. The summed E-state index contributed by atoms with van der Waals surface area (Å²) >= 11 is 0. The molecule has 4 aromatic carbocycles. The lowest BCUT2D eigenvalue weighted by molar-refractivity contribution is -0.209. The number of benzene rings is 4. The molecule has 4 aromatic rings. The third-order valence-electron chi connectivity index (χ3n) is 12.3. The third-order valence-corrected chi connectivity index (χ3v) is 12.3. The van der Waals surface area contributed by atoms with Crippen molar-refractivity contribution in [3.05, 3.63) is 103 Å². The summed E-state index contributed by atoms with van der Waals surface area (Å²) in [7, 11) is 0. The van der Waals surface area contributed by atoms with Crippen molar-refractivity contribution in [2.24, 2.45) is 5.41 Å². The number of hydrogen-bond donors (Lipinski definition) is 0. The van der Waals surface area contributed by atoms with Crippen LogP contribution in [0.1, 0.15) is 153 Å². The minimum absolute atomic E-state index is 0.0153. The van der Waals surface area contributed by atoms with E-state index in [-0.39, 0.29) is 18.4 Å². The molecule has 0 saturated carbocycles. The average Bonchev–Trinajstić information content (AvgIpc) is 3.57. The molecular weight excluding hydrogens is 1180 g/mol. The largest absolute Gasteiger partial charge is 0.482 e. The Hall–Kier alpha value is -7.40. The van der Waals surface area contributed by atoms with Crippen LogP contribution < -0.4 is 9.47 Å². The second kappa shape index (κ2) is 34.4. The molecule has 0 radical (unpaired) electrons. The topological polar surface area (TPSA) is 176 Å². The number of alkyl halides is 10. The van der Waals surface area contributed by atoms with E-state index in [9.17, 15) is 72.7 Å². The summed E-state index contributed by atoms with van der Waals surface area (Å²) in [6.45, 7) is 27.1. The molecule has 0 fully saturated rings. The van der Waals surface area contributed by atoms with Crippen LogP contribution in [-0.4, -0.2) is 110 Å². The van der Waals surface area contributed by atoms with Crippen LogP contribution in [0, 0.1) is 5.41 Å². The number of fused-ring (bicyclic) bond motifs is 2. The number of carbonyl (C=O) groups excluding carboxylic acids is 6. The Labute approximate surface area is 507 Å². The Kier molecular flexibility index (Phi) is 30.7. The average molecular weight is 1270 g/mol. The van der Waals surface area contributed by atoms with Gasteiger partial charge in [0.15, 0.2) is 25.4 Å². The molecule has 88 heavy (non-hydrogen) atoms. The van der Waals surface area contributed by atoms with Gasteiger partial charge in [0.2, 0.25) is 0 Å². The van der Waals surface area contributed by atoms with Gasteiger partial charge in [0.1, 0.15) is 35.9 Å². The zero-order chi connectivity index (χ0) is 67.8. The maximum atomic E-state index is 14.1. The Morgan fingerprint density at radius 3 is 1.27 bits per heavy atom. The Morgan fingerprint density at radius 2 is 0.909 bits per heavy atom. The van der Waals surface area contributed by atoms with Gasteiger partial charge in [-0.1, -0.05) is 96.3 Å². The van der Waals surface area contributed by atoms with Gasteiger partial charge in [-0.05, 0) is 157 Å². The SMILES string of the molecule is C=C(C)C(=O)OC(CC)C(F)(F)C(=O)OC(C)(C)C.C=Cc1ccc2cc(OCC(=O)OCCC(F)(F)F)ccc2c1.CCC(C)c1ccc2cc(OCC(=O)OCCC(F)(F)F)ccc2c1.CCC(OC(=O)C(C)(C)CC)C(F)(F)C(=O)OC(C)(C)C. The van der Waals surface area contributed by atoms with Crippen molar-refractivity contribution in [1.29, 1.82) is 0 Å². The van der Waals surface area contributed by atoms with Gasteiger partial charge in [0, 0.05) is 5.57 Å². The first-order chi connectivity index (χ1) is 40.3. The quantitative estimate of drug-likeness (QED) is 0.0280. The first kappa shape index (κ1) is 78.6. The van der Waals surface area contributed by atoms with E-state index < -0.39 is 128 Å². The van der Waals surface area contributed by atoms with Crippen molar-refractivity contribution in [2.45, 2.75) is 189 Å². The lowest BCUT2D eigenvalue weighted by atomic mass is 9.90. The summed E-state index contributed by atoms with van der Waals surface area (Å²) in [5.74, 6) is -13.1. The fourth-order valence-corrected chi connectivity index (χ4v) is 6.71. The molecule has 492 valence electrons. The lowest BCUT2D eigenvalue weighted by Gasteiger charge is -2.30. The van der Waals surface area contributed by atoms with Crippen LogP contribution in [0.25, 0.3) is 27.6 Å². The highest BCUT2D eigenvalue weighted by Gasteiger charge is 2.53. The number of esters is 6. The molecule has 0 N–H and O–H groups in total. The highest BCUT2D eigenvalue weighted by Crippen LogP contribution is 2.33. The van der Waals surface area contributed by atoms with Gasteiger partial charge in [-0.15, -0.1) is 0 Å². The molecule has 3 atom stereocenters. The Bertz CT molecular complexity index is 2960. The Morgan fingerprint density at radius 1 is 0.523 bits per heavy atom. The van der Waals surface area contributed by atoms with Crippen molar-refractivity contribution < 1.29 is 111 Å². The van der Waals surface area contributed by atoms with Gasteiger partial charge in [-0.25, -0.2) is 24.0 Å². The molecule has 4 rings (SSSR count). The molecule has 14 nitrogen and oxygen atoms in total. The number of carbonyl (C=O) groups is 6. The molecule has 0 spiro atoms. The van der Waals surface area contributed by atoms with Crippen molar-refractivity contribution >= 4 is 63.4 Å². The Balaban J connectivity index is 0.000000590. The lowest BCUT2D eigenvalue weighted by Crippen LogP contribution is -2.48. The van der Waals surface area contributed by atoms with E-state index in [4.69, 9.17) is 18.9 Å². The van der Waals surface area contributed by atoms with Crippen LogP contribution in [0.2, 0.25) is 0 Å². The molecular formula is C64H82F10O14. The maximum absolute atomic E-state index is 14.1. The van der Waals surface area contributed by atoms with Crippen molar-refractivity contribution in [3.8, 4) is 11.5 Å². The fourth-order valence-electron chi connectivity index (χ4n) is 6.71. The number of rotatable bonds is 24. The first-order valence-corrected chi connectivity index (χ1v) is 28.0. The van der Waals surface area contributed by atoms with Crippen LogP contribution in [-0.2, 0) is 57.2 Å². The molecule has 0 heterocycles. The van der Waals surface area contributed by atoms with Crippen molar-refractivity contribution in [1.82, 2.24) is 0 Å². The second-order valence-corrected chi connectivity index (χ2v) is 22.7. The summed E-state index contributed by atoms with van der Waals surface area (Å²) in [6, 6.07) is 22.6. The number of ether oxygens (including phenoxy) is 8. The molecule has 0 bridgehead atoms. The summed E-state index contributed by atoms with van der Waals surface area (Å²) in [5.41, 5.74) is -0.727. The van der Waals surface area contributed by atoms with Gasteiger partial charge in [-0.3, -0.25) is 4.79 Å². The van der Waals surface area contributed by atoms with Crippen LogP contribution >= 0.6 is 0 Å². The molecule has 0 amide bonds. The molecule has 0 aliphatic rings. The van der Waals surface area contributed by atoms with E-state index in [1.54, 1.807) is 51.1 Å². The maximum Gasteiger partial charge on any atom is 0.392 e. The molecule has 0 aliphatic carbocycles. The normalized spacial score (nSPS) is 13.0. The minimum atomic E-state index is -4.34. The van der Waals surface area contributed by atoms with E-state index in [0.29, 0.717) is 23.8 Å². The predicted molar refractivity (Wildman–Crippen MR) is 312 cm³/mol. The van der Waals surface area contributed by atoms with Crippen molar-refractivity contribution in [2.75, 3.05) is 26.4 Å². The molecule has 0 saturated heterocycles. The standard InChI is InChI=1S/C19H21F3O3.C17H15F3O3.C15H26F2O4.C13H20F2O4/c1-3-13(2)14-4-5-16-11-17(7-6-15(16)10-14)25-12-18(23)24-9-8-19(20,21)22;1-2-12-3-4-14-10-15(6-5-13(14)9-12)23-11-16(21)22-8-7-17(18,19)20;1-8-10(20-11(18)14(6,7)9-2)15(16,17)12(19)21-13(3,4)5;1-7-9(18-10(16)8(2)3)13(14,15)11(17)19-12(4,5)6/h4-7,10-11,13H,3,8-9,12H2,1-2H3;2-6,9-10H,1,7-8,11H2;10H,8-9H2,1-7H3;9H,2,7H2,1,3-6H3. The summed E-state index contributed by atoms with van der Waals surface area (Å²) < 4.78 is 166. The van der Waals surface area contributed by atoms with Crippen LogP contribution in [0.15, 0.2) is 91.5 Å². The number of halogens is 10. The van der Waals surface area contributed by atoms with Crippen LogP contribution in [0.4, 0.5) is 43.9 Å². The van der Waals surface area contributed by atoms with Crippen LogP contribution in [0.3, 0.4) is 0 Å². The van der Waals surface area contributed by atoms with E-state index in [1.165, 1.54) is 67.9 Å². The highest BCUT2D eigenvalue weighted by atomic mass is 19.4. The van der Waals surface area contributed by atoms with Gasteiger partial charge < -0.3 is 37.9 Å². The summed E-state index contributed by atoms with van der Waals surface area (Å²) in [6.07, 6.45) is -11.9. The zero-order valence-corrected chi connectivity index (χ0v) is 52.2. The third kappa shape index (κ3) is 29.1. The van der Waals surface area contributed by atoms with E-state index >= 15 is 0 Å². The molecule has 3 unspecified atom stereocenters. The smallest absolute Gasteiger partial charge is 0.392 e. The van der Waals surface area contributed by atoms with Gasteiger partial charge >= 0.3 is 60.0 Å². The van der Waals surface area contributed by atoms with Gasteiger partial charge in [-0.2, -0.15) is 43.9 Å². The number of hydrogen-bond acceptors (Lipinski definition) is 14. The van der Waals surface area contributed by atoms with Gasteiger partial charge in [0.25, 0.3) is 0 Å². The monoisotopic (exact) mass is 1260 g/mol. The van der Waals surface area contributed by atoms with Crippen LogP contribution in [0.5, 0.6) is 11.5 Å². The van der Waals surface area contributed by atoms with E-state index in [1.807, 2.05) is 36.4 Å². The van der Waals surface area contributed by atoms with Gasteiger partial charge in [0.05, 0.1) is 18.3 Å². The predicted octanol–water partition coefficient (Wildman–Crippen LogP) is 16.2.